The third kappa shape index (κ3) is 3.84. The minimum atomic E-state index is -0.376. The summed E-state index contributed by atoms with van der Waals surface area (Å²) in [6.07, 6.45) is 0. The van der Waals surface area contributed by atoms with Gasteiger partial charge in [-0.05, 0) is 36.8 Å². The summed E-state index contributed by atoms with van der Waals surface area (Å²) in [6, 6.07) is 10.0. The van der Waals surface area contributed by atoms with Crippen molar-refractivity contribution in [1.82, 2.24) is 0 Å². The van der Waals surface area contributed by atoms with Crippen LogP contribution < -0.4 is 10.6 Å². The maximum Gasteiger partial charge on any atom is 0.266 e. The monoisotopic (exact) mass is 386 g/mol. The van der Waals surface area contributed by atoms with Crippen molar-refractivity contribution in [2.24, 2.45) is 0 Å². The fraction of sp³-hybridized carbons (Fsp3) is 0.200. The Balaban J connectivity index is 1.99. The number of ether oxygens (including phenoxy) is 1. The van der Waals surface area contributed by atoms with Crippen molar-refractivity contribution in [2.75, 3.05) is 17.7 Å². The lowest BCUT2D eigenvalue weighted by Gasteiger charge is -2.13. The normalized spacial score (nSPS) is 10.8. The summed E-state index contributed by atoms with van der Waals surface area (Å²) in [5.41, 5.74) is 2.47. The molecule has 7 heteroatoms. The number of carbonyl (C=O) groups excluding carboxylic acids is 2. The topological polar surface area (TPSA) is 67.4 Å². The van der Waals surface area contributed by atoms with Crippen LogP contribution in [-0.2, 0) is 16.1 Å². The quantitative estimate of drug-likeness (QED) is 0.668. The summed E-state index contributed by atoms with van der Waals surface area (Å²) < 4.78 is 20.2. The molecule has 0 fully saturated rings. The van der Waals surface area contributed by atoms with Crippen LogP contribution in [0.4, 0.5) is 15.8 Å². The van der Waals surface area contributed by atoms with Gasteiger partial charge in [0.15, 0.2) is 0 Å². The van der Waals surface area contributed by atoms with Gasteiger partial charge >= 0.3 is 0 Å². The first-order chi connectivity index (χ1) is 12.9. The first-order valence-electron chi connectivity index (χ1n) is 8.29. The second-order valence-electron chi connectivity index (χ2n) is 6.07. The maximum absolute atomic E-state index is 14.3. The van der Waals surface area contributed by atoms with Crippen LogP contribution in [0.15, 0.2) is 36.4 Å². The summed E-state index contributed by atoms with van der Waals surface area (Å²) in [5.74, 6) is -0.909. The van der Waals surface area contributed by atoms with Gasteiger partial charge in [-0.15, -0.1) is 11.3 Å². The van der Waals surface area contributed by atoms with Gasteiger partial charge in [0.1, 0.15) is 5.82 Å². The minimum Gasteiger partial charge on any atom is -0.380 e. The Morgan fingerprint density at radius 1 is 1.11 bits per heavy atom. The van der Waals surface area contributed by atoms with Crippen molar-refractivity contribution in [2.45, 2.75) is 20.5 Å². The number of methoxy groups -OCH3 is 1. The van der Waals surface area contributed by atoms with Gasteiger partial charge in [-0.25, -0.2) is 4.39 Å². The van der Waals surface area contributed by atoms with Gasteiger partial charge in [0, 0.05) is 41.1 Å². The highest BCUT2D eigenvalue weighted by Gasteiger charge is 2.21. The number of carbonyl (C=O) groups is 2. The van der Waals surface area contributed by atoms with Gasteiger partial charge in [0.25, 0.3) is 5.91 Å². The summed E-state index contributed by atoms with van der Waals surface area (Å²) in [4.78, 5) is 24.6. The SMILES string of the molecule is COCc1c(C(=O)Nc2cccc(NC(C)=O)c2C)sc2cccc(F)c12. The predicted octanol–water partition coefficient (Wildman–Crippen LogP) is 4.71. The molecule has 3 rings (SSSR count). The molecule has 27 heavy (non-hydrogen) atoms. The number of amides is 2. The van der Waals surface area contributed by atoms with Gasteiger partial charge < -0.3 is 15.4 Å². The van der Waals surface area contributed by atoms with Crippen LogP contribution in [0.1, 0.15) is 27.7 Å². The molecule has 0 aliphatic rings. The van der Waals surface area contributed by atoms with Crippen LogP contribution in [-0.4, -0.2) is 18.9 Å². The average Bonchev–Trinajstić information content (AvgIpc) is 2.98. The molecular formula is C20H19FN2O3S. The van der Waals surface area contributed by atoms with Gasteiger partial charge in [-0.2, -0.15) is 0 Å². The van der Waals surface area contributed by atoms with E-state index in [1.165, 1.54) is 31.4 Å². The van der Waals surface area contributed by atoms with E-state index < -0.39 is 0 Å². The third-order valence-corrected chi connectivity index (χ3v) is 5.35. The molecular weight excluding hydrogens is 367 g/mol. The Labute approximate surface area is 160 Å². The lowest BCUT2D eigenvalue weighted by molar-refractivity contribution is -0.114. The highest BCUT2D eigenvalue weighted by molar-refractivity contribution is 7.21. The number of hydrogen-bond acceptors (Lipinski definition) is 4. The zero-order chi connectivity index (χ0) is 19.6. The molecule has 0 aliphatic carbocycles. The maximum atomic E-state index is 14.3. The molecule has 1 heterocycles. The lowest BCUT2D eigenvalue weighted by atomic mass is 10.1. The summed E-state index contributed by atoms with van der Waals surface area (Å²) >= 11 is 1.22. The first-order valence-corrected chi connectivity index (χ1v) is 9.11. The van der Waals surface area contributed by atoms with Crippen LogP contribution in [0.2, 0.25) is 0 Å². The van der Waals surface area contributed by atoms with E-state index >= 15 is 0 Å². The molecule has 0 bridgehead atoms. The number of anilines is 2. The average molecular weight is 386 g/mol. The van der Waals surface area contributed by atoms with Crippen LogP contribution >= 0.6 is 11.3 Å². The zero-order valence-corrected chi connectivity index (χ0v) is 16.0. The van der Waals surface area contributed by atoms with Gasteiger partial charge in [-0.1, -0.05) is 12.1 Å². The summed E-state index contributed by atoms with van der Waals surface area (Å²) in [5, 5.41) is 6.01. The Hall–Kier alpha value is -2.77. The van der Waals surface area contributed by atoms with E-state index in [0.29, 0.717) is 31.9 Å². The van der Waals surface area contributed by atoms with E-state index in [4.69, 9.17) is 4.74 Å². The molecule has 0 saturated carbocycles. The molecule has 2 amide bonds. The number of benzene rings is 2. The Kier molecular flexibility index (Phi) is 5.53. The van der Waals surface area contributed by atoms with Gasteiger partial charge in [0.2, 0.25) is 5.91 Å². The molecule has 140 valence electrons. The Bertz CT molecular complexity index is 1030. The molecule has 0 saturated heterocycles. The van der Waals surface area contributed by atoms with Crippen LogP contribution in [0, 0.1) is 12.7 Å². The minimum absolute atomic E-state index is 0.134. The highest BCUT2D eigenvalue weighted by atomic mass is 32.1. The zero-order valence-electron chi connectivity index (χ0n) is 15.2. The molecule has 0 aliphatic heterocycles. The van der Waals surface area contributed by atoms with Gasteiger partial charge in [0.05, 0.1) is 11.5 Å². The standard InChI is InChI=1S/C20H19FN2O3S/c1-11-15(22-12(2)24)7-5-8-16(11)23-20(25)19-13(10-26-3)18-14(21)6-4-9-17(18)27-19/h4-9H,10H2,1-3H3,(H,22,24)(H,23,25). The van der Waals surface area contributed by atoms with Crippen molar-refractivity contribution in [3.05, 3.63) is 58.2 Å². The lowest BCUT2D eigenvalue weighted by Crippen LogP contribution is -2.14. The highest BCUT2D eigenvalue weighted by Crippen LogP contribution is 2.34. The molecule has 2 aromatic carbocycles. The van der Waals surface area contributed by atoms with E-state index in [2.05, 4.69) is 10.6 Å². The van der Waals surface area contributed by atoms with Crippen molar-refractivity contribution in [1.29, 1.82) is 0 Å². The second-order valence-corrected chi connectivity index (χ2v) is 7.12. The molecule has 0 atom stereocenters. The van der Waals surface area contributed by atoms with E-state index in [9.17, 15) is 14.0 Å². The largest absolute Gasteiger partial charge is 0.380 e. The van der Waals surface area contributed by atoms with Gasteiger partial charge in [-0.3, -0.25) is 9.59 Å². The van der Waals surface area contributed by atoms with E-state index in [1.54, 1.807) is 30.3 Å². The van der Waals surface area contributed by atoms with Crippen molar-refractivity contribution in [3.63, 3.8) is 0 Å². The van der Waals surface area contributed by atoms with Crippen molar-refractivity contribution in [3.8, 4) is 0 Å². The fourth-order valence-corrected chi connectivity index (χ4v) is 4.03. The third-order valence-electron chi connectivity index (χ3n) is 4.15. The summed E-state index contributed by atoms with van der Waals surface area (Å²) in [7, 11) is 1.51. The summed E-state index contributed by atoms with van der Waals surface area (Å²) in [6.45, 7) is 3.36. The van der Waals surface area contributed by atoms with E-state index in [-0.39, 0.29) is 24.2 Å². The number of nitrogens with one attached hydrogen (secondary N) is 2. The number of halogens is 1. The number of rotatable bonds is 5. The number of hydrogen-bond donors (Lipinski definition) is 2. The second kappa shape index (κ2) is 7.85. The van der Waals surface area contributed by atoms with E-state index in [1.807, 2.05) is 6.92 Å². The smallest absolute Gasteiger partial charge is 0.266 e. The molecule has 2 N–H and O–H groups in total. The molecule has 3 aromatic rings. The van der Waals surface area contributed by atoms with E-state index in [0.717, 1.165) is 5.56 Å². The molecule has 1 aromatic heterocycles. The predicted molar refractivity (Wildman–Crippen MR) is 106 cm³/mol. The van der Waals surface area contributed by atoms with Crippen LogP contribution in [0.25, 0.3) is 10.1 Å². The Morgan fingerprint density at radius 2 is 1.78 bits per heavy atom. The van der Waals surface area contributed by atoms with Crippen molar-refractivity contribution < 1.29 is 18.7 Å². The number of thiophene rings is 1. The first kappa shape index (κ1) is 19.0. The van der Waals surface area contributed by atoms with Crippen LogP contribution in [0.3, 0.4) is 0 Å². The van der Waals surface area contributed by atoms with Crippen molar-refractivity contribution >= 4 is 44.6 Å². The molecule has 0 radical (unpaired) electrons. The van der Waals surface area contributed by atoms with Crippen LogP contribution in [0.5, 0.6) is 0 Å². The molecule has 0 unspecified atom stereocenters. The number of fused-ring (bicyclic) bond motifs is 1. The molecule has 0 spiro atoms. The Morgan fingerprint density at radius 3 is 2.44 bits per heavy atom. The molecule has 5 nitrogen and oxygen atoms in total. The fourth-order valence-electron chi connectivity index (χ4n) is 2.91.